The highest BCUT2D eigenvalue weighted by Crippen LogP contribution is 2.24. The van der Waals surface area contributed by atoms with Crippen molar-refractivity contribution in [3.8, 4) is 0 Å². The average Bonchev–Trinajstić information content (AvgIpc) is 2.71. The lowest BCUT2D eigenvalue weighted by molar-refractivity contribution is 1.05. The van der Waals surface area contributed by atoms with Crippen LogP contribution in [0.1, 0.15) is 54.4 Å². The standard InChI is InChI=1S/C24H32ClN3/c1-7-11-12-20(9-3)24(27-19(6)18(5)26-17-8-2)23(10-4)28-22-15-13-21(25)14-16-22/h8-9,11-17,28H,7,10H2,1-6H3/b12-11-,17-8-,20-9+,24-23+,26-18?,27-19?. The Kier molecular flexibility index (Phi) is 10.9. The van der Waals surface area contributed by atoms with Gasteiger partial charge in [-0.05, 0) is 70.4 Å². The van der Waals surface area contributed by atoms with Crippen molar-refractivity contribution in [2.75, 3.05) is 5.32 Å². The van der Waals surface area contributed by atoms with E-state index in [1.807, 2.05) is 58.0 Å². The molecular weight excluding hydrogens is 366 g/mol. The Hall–Kier alpha value is -2.39. The molecule has 0 aliphatic rings. The van der Waals surface area contributed by atoms with E-state index in [-0.39, 0.29) is 0 Å². The molecule has 0 bridgehead atoms. The molecule has 4 heteroatoms. The molecule has 1 rings (SSSR count). The number of hydrogen-bond acceptors (Lipinski definition) is 3. The molecule has 0 saturated heterocycles. The molecular formula is C24H32ClN3. The summed E-state index contributed by atoms with van der Waals surface area (Å²) < 4.78 is 0. The highest BCUT2D eigenvalue weighted by atomic mass is 35.5. The number of nitrogens with zero attached hydrogens (tertiary/aromatic N) is 2. The normalized spacial score (nSPS) is 14.8. The number of hydrogen-bond donors (Lipinski definition) is 1. The van der Waals surface area contributed by atoms with Crippen LogP contribution in [0, 0.1) is 0 Å². The summed E-state index contributed by atoms with van der Waals surface area (Å²) in [5.74, 6) is 0. The van der Waals surface area contributed by atoms with Crippen LogP contribution in [0.2, 0.25) is 5.02 Å². The largest absolute Gasteiger partial charge is 0.357 e. The summed E-state index contributed by atoms with van der Waals surface area (Å²) in [7, 11) is 0. The Morgan fingerprint density at radius 3 is 2.29 bits per heavy atom. The predicted molar refractivity (Wildman–Crippen MR) is 127 cm³/mol. The van der Waals surface area contributed by atoms with Gasteiger partial charge in [0.25, 0.3) is 0 Å². The minimum Gasteiger partial charge on any atom is -0.357 e. The van der Waals surface area contributed by atoms with Gasteiger partial charge >= 0.3 is 0 Å². The Bertz CT molecular complexity index is 807. The first-order valence-corrected chi connectivity index (χ1v) is 10.1. The fourth-order valence-electron chi connectivity index (χ4n) is 2.41. The van der Waals surface area contributed by atoms with E-state index in [0.29, 0.717) is 0 Å². The van der Waals surface area contributed by atoms with Crippen LogP contribution in [0.3, 0.4) is 0 Å². The first-order chi connectivity index (χ1) is 13.5. The van der Waals surface area contributed by atoms with Crippen LogP contribution in [0.15, 0.2) is 81.7 Å². The first kappa shape index (κ1) is 23.6. The van der Waals surface area contributed by atoms with Crippen molar-refractivity contribution >= 4 is 28.7 Å². The minimum absolute atomic E-state index is 0.720. The van der Waals surface area contributed by atoms with Crippen LogP contribution in [0.5, 0.6) is 0 Å². The molecule has 0 aromatic heterocycles. The molecule has 0 saturated carbocycles. The van der Waals surface area contributed by atoms with E-state index in [2.05, 4.69) is 42.4 Å². The maximum Gasteiger partial charge on any atom is 0.0894 e. The maximum atomic E-state index is 6.02. The summed E-state index contributed by atoms with van der Waals surface area (Å²) >= 11 is 6.02. The van der Waals surface area contributed by atoms with Crippen LogP contribution in [0.25, 0.3) is 0 Å². The van der Waals surface area contributed by atoms with E-state index >= 15 is 0 Å². The van der Waals surface area contributed by atoms with Gasteiger partial charge in [0.15, 0.2) is 0 Å². The third-order valence-electron chi connectivity index (χ3n) is 4.12. The van der Waals surface area contributed by atoms with E-state index in [0.717, 1.165) is 51.9 Å². The van der Waals surface area contributed by atoms with Crippen LogP contribution < -0.4 is 5.32 Å². The molecule has 0 unspecified atom stereocenters. The first-order valence-electron chi connectivity index (χ1n) is 9.76. The SMILES string of the molecule is C/C=C\N=C(C)C(C)=NC(/C(/C=C\CC)=C/C)=C(\CC)Nc1ccc(Cl)cc1. The lowest BCUT2D eigenvalue weighted by Crippen LogP contribution is -2.09. The fraction of sp³-hybridized carbons (Fsp3) is 0.333. The number of anilines is 1. The molecule has 0 atom stereocenters. The third-order valence-corrected chi connectivity index (χ3v) is 4.37. The zero-order chi connectivity index (χ0) is 20.9. The van der Waals surface area contributed by atoms with Crippen molar-refractivity contribution in [3.63, 3.8) is 0 Å². The van der Waals surface area contributed by atoms with E-state index in [1.165, 1.54) is 0 Å². The second-order valence-electron chi connectivity index (χ2n) is 6.26. The number of rotatable bonds is 9. The van der Waals surface area contributed by atoms with E-state index in [4.69, 9.17) is 16.6 Å². The molecule has 0 heterocycles. The Labute approximate surface area is 175 Å². The van der Waals surface area contributed by atoms with Crippen molar-refractivity contribution in [2.45, 2.75) is 54.4 Å². The lowest BCUT2D eigenvalue weighted by atomic mass is 10.1. The molecule has 0 radical (unpaired) electrons. The van der Waals surface area contributed by atoms with Gasteiger partial charge in [0.05, 0.1) is 17.1 Å². The molecule has 1 aromatic carbocycles. The number of benzene rings is 1. The lowest BCUT2D eigenvalue weighted by Gasteiger charge is -2.15. The predicted octanol–water partition coefficient (Wildman–Crippen LogP) is 7.74. The maximum absolute atomic E-state index is 6.02. The van der Waals surface area contributed by atoms with Crippen molar-refractivity contribution in [2.24, 2.45) is 9.98 Å². The van der Waals surface area contributed by atoms with Gasteiger partial charge < -0.3 is 5.32 Å². The number of allylic oxidation sites excluding steroid dienone is 5. The molecule has 0 aliphatic carbocycles. The molecule has 1 N–H and O–H groups in total. The van der Waals surface area contributed by atoms with Crippen LogP contribution in [0.4, 0.5) is 5.69 Å². The third kappa shape index (κ3) is 7.69. The van der Waals surface area contributed by atoms with Crippen LogP contribution >= 0.6 is 11.6 Å². The fourth-order valence-corrected chi connectivity index (χ4v) is 2.54. The molecule has 1 aromatic rings. The average molecular weight is 398 g/mol. The summed E-state index contributed by atoms with van der Waals surface area (Å²) in [4.78, 5) is 9.39. The minimum atomic E-state index is 0.720. The summed E-state index contributed by atoms with van der Waals surface area (Å²) in [6.07, 6.45) is 11.9. The second kappa shape index (κ2) is 12.9. The van der Waals surface area contributed by atoms with Gasteiger partial charge in [0, 0.05) is 22.6 Å². The Morgan fingerprint density at radius 2 is 1.75 bits per heavy atom. The topological polar surface area (TPSA) is 36.8 Å². The van der Waals surface area contributed by atoms with Crippen molar-refractivity contribution in [1.29, 1.82) is 0 Å². The van der Waals surface area contributed by atoms with Gasteiger partial charge in [-0.25, -0.2) is 4.99 Å². The zero-order valence-corrected chi connectivity index (χ0v) is 18.6. The van der Waals surface area contributed by atoms with Crippen LogP contribution in [-0.2, 0) is 0 Å². The summed E-state index contributed by atoms with van der Waals surface area (Å²) in [5, 5.41) is 4.24. The van der Waals surface area contributed by atoms with Gasteiger partial charge in [0.2, 0.25) is 0 Å². The zero-order valence-electron chi connectivity index (χ0n) is 17.9. The summed E-state index contributed by atoms with van der Waals surface area (Å²) in [5.41, 5.74) is 5.83. The Morgan fingerprint density at radius 1 is 1.07 bits per heavy atom. The molecule has 0 fully saturated rings. The quantitative estimate of drug-likeness (QED) is 0.335. The highest BCUT2D eigenvalue weighted by molar-refractivity contribution is 6.41. The van der Waals surface area contributed by atoms with E-state index in [9.17, 15) is 0 Å². The number of halogens is 1. The van der Waals surface area contributed by atoms with Gasteiger partial charge in [-0.2, -0.15) is 0 Å². The van der Waals surface area contributed by atoms with Crippen molar-refractivity contribution < 1.29 is 0 Å². The molecule has 0 aliphatic heterocycles. The molecule has 0 spiro atoms. The molecule has 28 heavy (non-hydrogen) atoms. The van der Waals surface area contributed by atoms with Crippen LogP contribution in [-0.4, -0.2) is 11.4 Å². The van der Waals surface area contributed by atoms with E-state index in [1.54, 1.807) is 6.20 Å². The summed E-state index contributed by atoms with van der Waals surface area (Å²) in [6.45, 7) is 12.2. The van der Waals surface area contributed by atoms with Gasteiger partial charge in [0.1, 0.15) is 0 Å². The molecule has 150 valence electrons. The highest BCUT2D eigenvalue weighted by Gasteiger charge is 2.10. The van der Waals surface area contributed by atoms with Gasteiger partial charge in [-0.1, -0.05) is 49.8 Å². The van der Waals surface area contributed by atoms with Crippen molar-refractivity contribution in [3.05, 3.63) is 76.8 Å². The van der Waals surface area contributed by atoms with Gasteiger partial charge in [-0.3, -0.25) is 4.99 Å². The summed E-state index contributed by atoms with van der Waals surface area (Å²) in [6, 6.07) is 7.71. The van der Waals surface area contributed by atoms with E-state index < -0.39 is 0 Å². The molecule has 3 nitrogen and oxygen atoms in total. The number of aliphatic imine (C=N–C) groups is 2. The Balaban J connectivity index is 3.50. The number of nitrogens with one attached hydrogen (secondary N) is 1. The monoisotopic (exact) mass is 397 g/mol. The smallest absolute Gasteiger partial charge is 0.0894 e. The van der Waals surface area contributed by atoms with Gasteiger partial charge in [-0.15, -0.1) is 0 Å². The van der Waals surface area contributed by atoms with Crippen molar-refractivity contribution in [1.82, 2.24) is 0 Å². The second-order valence-corrected chi connectivity index (χ2v) is 6.70. The molecule has 0 amide bonds.